The van der Waals surface area contributed by atoms with Crippen LogP contribution in [-0.4, -0.2) is 41.8 Å². The van der Waals surface area contributed by atoms with E-state index in [0.717, 1.165) is 25.9 Å². The summed E-state index contributed by atoms with van der Waals surface area (Å²) in [5, 5.41) is 3.85. The molecule has 1 N–H and O–H groups in total. The van der Waals surface area contributed by atoms with Crippen molar-refractivity contribution < 1.29 is 9.53 Å². The zero-order valence-corrected chi connectivity index (χ0v) is 15.1. The maximum Gasteiger partial charge on any atom is 0.410 e. The number of carbonyl (C=O) groups excluding carboxylic acids is 1. The summed E-state index contributed by atoms with van der Waals surface area (Å²) in [6.45, 7) is 12.1. The summed E-state index contributed by atoms with van der Waals surface area (Å²) in [4.78, 5) is 14.1. The molecule has 0 aromatic rings. The van der Waals surface area contributed by atoms with Crippen molar-refractivity contribution in [3.63, 3.8) is 0 Å². The molecular weight excluding hydrogens is 276 g/mol. The Kier molecular flexibility index (Phi) is 5.41. The third-order valence-electron chi connectivity index (χ3n) is 5.02. The van der Waals surface area contributed by atoms with Gasteiger partial charge in [-0.25, -0.2) is 4.79 Å². The molecule has 1 heterocycles. The molecule has 1 saturated carbocycles. The first-order chi connectivity index (χ1) is 10.2. The number of hydrogen-bond donors (Lipinski definition) is 1. The van der Waals surface area contributed by atoms with Crippen LogP contribution < -0.4 is 5.32 Å². The Bertz CT molecular complexity index is 387. The molecule has 22 heavy (non-hydrogen) atoms. The minimum atomic E-state index is -0.414. The lowest BCUT2D eigenvalue weighted by Gasteiger charge is -2.43. The molecule has 2 unspecified atom stereocenters. The molecule has 1 aliphatic carbocycles. The zero-order chi connectivity index (χ0) is 16.4. The van der Waals surface area contributed by atoms with Gasteiger partial charge < -0.3 is 15.0 Å². The predicted octanol–water partition coefficient (Wildman–Crippen LogP) is 3.94. The molecule has 1 amide bonds. The Balaban J connectivity index is 1.89. The summed E-state index contributed by atoms with van der Waals surface area (Å²) in [7, 11) is 0. The van der Waals surface area contributed by atoms with Crippen molar-refractivity contribution in [2.75, 3.05) is 13.1 Å². The lowest BCUT2D eigenvalue weighted by atomic mass is 9.73. The minimum Gasteiger partial charge on any atom is -0.444 e. The number of nitrogens with one attached hydrogen (secondary N) is 1. The molecule has 0 spiro atoms. The van der Waals surface area contributed by atoms with Crippen LogP contribution in [0.5, 0.6) is 0 Å². The van der Waals surface area contributed by atoms with Crippen LogP contribution in [0.2, 0.25) is 0 Å². The second-order valence-electron chi connectivity index (χ2n) is 8.72. The number of hydrogen-bond acceptors (Lipinski definition) is 3. The standard InChI is InChI=1S/C18H34N2O2/c1-17(2,3)22-16(21)20-12-8-9-14(13-20)19-15-10-6-7-11-18(15,4)5/h14-15,19H,6-13H2,1-5H3. The smallest absolute Gasteiger partial charge is 0.410 e. The lowest BCUT2D eigenvalue weighted by Crippen LogP contribution is -2.55. The van der Waals surface area contributed by atoms with Crippen molar-refractivity contribution in [1.82, 2.24) is 10.2 Å². The third-order valence-corrected chi connectivity index (χ3v) is 5.02. The van der Waals surface area contributed by atoms with E-state index in [1.807, 2.05) is 25.7 Å². The summed E-state index contributed by atoms with van der Waals surface area (Å²) < 4.78 is 5.52. The van der Waals surface area contributed by atoms with Crippen LogP contribution in [0.25, 0.3) is 0 Å². The third kappa shape index (κ3) is 4.87. The van der Waals surface area contributed by atoms with Crippen molar-refractivity contribution in [1.29, 1.82) is 0 Å². The molecule has 0 radical (unpaired) electrons. The molecule has 0 bridgehead atoms. The van der Waals surface area contributed by atoms with Crippen LogP contribution in [-0.2, 0) is 4.74 Å². The molecular formula is C18H34N2O2. The van der Waals surface area contributed by atoms with Crippen molar-refractivity contribution in [3.05, 3.63) is 0 Å². The molecule has 4 nitrogen and oxygen atoms in total. The van der Waals surface area contributed by atoms with Crippen LogP contribution in [0.15, 0.2) is 0 Å². The first-order valence-electron chi connectivity index (χ1n) is 8.91. The lowest BCUT2D eigenvalue weighted by molar-refractivity contribution is 0.0169. The Morgan fingerprint density at radius 3 is 2.55 bits per heavy atom. The van der Waals surface area contributed by atoms with E-state index in [0.29, 0.717) is 17.5 Å². The fourth-order valence-corrected chi connectivity index (χ4v) is 3.69. The number of carbonyl (C=O) groups is 1. The Morgan fingerprint density at radius 1 is 1.18 bits per heavy atom. The van der Waals surface area contributed by atoms with Crippen LogP contribution in [0, 0.1) is 5.41 Å². The van der Waals surface area contributed by atoms with Crippen LogP contribution >= 0.6 is 0 Å². The minimum absolute atomic E-state index is 0.165. The summed E-state index contributed by atoms with van der Waals surface area (Å²) in [6, 6.07) is 0.980. The fourth-order valence-electron chi connectivity index (χ4n) is 3.69. The Morgan fingerprint density at radius 2 is 1.91 bits per heavy atom. The van der Waals surface area contributed by atoms with Gasteiger partial charge in [-0.05, 0) is 51.9 Å². The summed E-state index contributed by atoms with van der Waals surface area (Å²) in [5.41, 5.74) is -0.0464. The van der Waals surface area contributed by atoms with Gasteiger partial charge in [-0.2, -0.15) is 0 Å². The van der Waals surface area contributed by atoms with Gasteiger partial charge in [0.05, 0.1) is 0 Å². The van der Waals surface area contributed by atoms with Gasteiger partial charge in [-0.15, -0.1) is 0 Å². The van der Waals surface area contributed by atoms with Crippen molar-refractivity contribution >= 4 is 6.09 Å². The SMILES string of the molecule is CC(C)(C)OC(=O)N1CCCC(NC2CCCCC2(C)C)C1. The van der Waals surface area contributed by atoms with Gasteiger partial charge in [-0.3, -0.25) is 0 Å². The van der Waals surface area contributed by atoms with Gasteiger partial charge >= 0.3 is 6.09 Å². The molecule has 1 saturated heterocycles. The average molecular weight is 310 g/mol. The van der Waals surface area contributed by atoms with E-state index in [1.165, 1.54) is 25.7 Å². The number of rotatable bonds is 2. The summed E-state index contributed by atoms with van der Waals surface area (Å²) in [5.74, 6) is 0. The highest BCUT2D eigenvalue weighted by molar-refractivity contribution is 5.68. The monoisotopic (exact) mass is 310 g/mol. The van der Waals surface area contributed by atoms with Gasteiger partial charge in [0.2, 0.25) is 0 Å². The zero-order valence-electron chi connectivity index (χ0n) is 15.1. The van der Waals surface area contributed by atoms with Crippen molar-refractivity contribution in [2.45, 2.75) is 90.8 Å². The quantitative estimate of drug-likeness (QED) is 0.840. The average Bonchev–Trinajstić information content (AvgIpc) is 2.39. The van der Waals surface area contributed by atoms with Crippen LogP contribution in [0.1, 0.15) is 73.1 Å². The van der Waals surface area contributed by atoms with E-state index in [2.05, 4.69) is 19.2 Å². The number of ether oxygens (including phenoxy) is 1. The van der Waals surface area contributed by atoms with Gasteiger partial charge in [0, 0.05) is 25.2 Å². The second kappa shape index (κ2) is 6.77. The summed E-state index contributed by atoms with van der Waals surface area (Å²) in [6.07, 6.45) is 7.28. The maximum absolute atomic E-state index is 12.3. The highest BCUT2D eigenvalue weighted by Crippen LogP contribution is 2.36. The van der Waals surface area contributed by atoms with E-state index >= 15 is 0 Å². The Hall–Kier alpha value is -0.770. The van der Waals surface area contributed by atoms with Gasteiger partial charge in [0.1, 0.15) is 5.60 Å². The molecule has 128 valence electrons. The maximum atomic E-state index is 12.3. The second-order valence-corrected chi connectivity index (χ2v) is 8.72. The molecule has 2 rings (SSSR count). The predicted molar refractivity (Wildman–Crippen MR) is 90.0 cm³/mol. The number of nitrogens with zero attached hydrogens (tertiary/aromatic N) is 1. The molecule has 0 aromatic carbocycles. The molecule has 1 aliphatic heterocycles. The fraction of sp³-hybridized carbons (Fsp3) is 0.944. The molecule has 2 atom stereocenters. The highest BCUT2D eigenvalue weighted by atomic mass is 16.6. The van der Waals surface area contributed by atoms with Gasteiger partial charge in [0.15, 0.2) is 0 Å². The van der Waals surface area contributed by atoms with E-state index < -0.39 is 5.60 Å². The number of amides is 1. The number of likely N-dealkylation sites (tertiary alicyclic amines) is 1. The van der Waals surface area contributed by atoms with E-state index in [-0.39, 0.29) is 6.09 Å². The largest absolute Gasteiger partial charge is 0.444 e. The first-order valence-corrected chi connectivity index (χ1v) is 8.91. The van der Waals surface area contributed by atoms with Gasteiger partial charge in [0.25, 0.3) is 0 Å². The Labute approximate surface area is 136 Å². The highest BCUT2D eigenvalue weighted by Gasteiger charge is 2.35. The molecule has 2 aliphatic rings. The van der Waals surface area contributed by atoms with E-state index in [1.54, 1.807) is 0 Å². The van der Waals surface area contributed by atoms with Crippen LogP contribution in [0.4, 0.5) is 4.79 Å². The first kappa shape index (κ1) is 17.6. The summed E-state index contributed by atoms with van der Waals surface area (Å²) >= 11 is 0. The molecule has 2 fully saturated rings. The van der Waals surface area contributed by atoms with E-state index in [9.17, 15) is 4.79 Å². The van der Waals surface area contributed by atoms with Crippen molar-refractivity contribution in [2.24, 2.45) is 5.41 Å². The van der Waals surface area contributed by atoms with E-state index in [4.69, 9.17) is 4.74 Å². The van der Waals surface area contributed by atoms with Crippen molar-refractivity contribution in [3.8, 4) is 0 Å². The normalized spacial score (nSPS) is 29.2. The van der Waals surface area contributed by atoms with Crippen LogP contribution in [0.3, 0.4) is 0 Å². The topological polar surface area (TPSA) is 41.6 Å². The number of piperidine rings is 1. The van der Waals surface area contributed by atoms with Gasteiger partial charge in [-0.1, -0.05) is 26.7 Å². The molecule has 4 heteroatoms. The molecule has 0 aromatic heterocycles.